The fraction of sp³-hybridized carbons (Fsp3) is 0.667. The number of carbonyl (C=O) groups is 1. The van der Waals surface area contributed by atoms with E-state index in [0.29, 0.717) is 6.42 Å². The molecule has 0 amide bonds. The highest BCUT2D eigenvalue weighted by atomic mass is 32.1. The van der Waals surface area contributed by atoms with Gasteiger partial charge in [0.1, 0.15) is 5.78 Å². The molecule has 0 aromatic carbocycles. The maximum atomic E-state index is 11.0. The van der Waals surface area contributed by atoms with E-state index in [1.54, 1.807) is 18.3 Å². The number of thiazole rings is 1. The Balaban J connectivity index is 1.78. The zero-order valence-electron chi connectivity index (χ0n) is 10.1. The molecule has 0 saturated carbocycles. The van der Waals surface area contributed by atoms with Crippen LogP contribution in [0.4, 0.5) is 0 Å². The summed E-state index contributed by atoms with van der Waals surface area (Å²) in [5, 5.41) is 1.13. The van der Waals surface area contributed by atoms with Crippen molar-refractivity contribution in [3.63, 3.8) is 0 Å². The smallest absolute Gasteiger partial charge is 0.135 e. The van der Waals surface area contributed by atoms with Crippen molar-refractivity contribution in [1.82, 2.24) is 9.88 Å². The monoisotopic (exact) mass is 254 g/mol. The van der Waals surface area contributed by atoms with Crippen molar-refractivity contribution in [2.24, 2.45) is 0 Å². The van der Waals surface area contributed by atoms with E-state index in [-0.39, 0.29) is 5.78 Å². The average Bonchev–Trinajstić information content (AvgIpc) is 2.75. The summed E-state index contributed by atoms with van der Waals surface area (Å²) in [6.45, 7) is 6.38. The van der Waals surface area contributed by atoms with E-state index in [0.717, 1.165) is 49.2 Å². The van der Waals surface area contributed by atoms with E-state index in [1.165, 1.54) is 0 Å². The van der Waals surface area contributed by atoms with Gasteiger partial charge in [0.05, 0.1) is 18.2 Å². The van der Waals surface area contributed by atoms with Gasteiger partial charge < -0.3 is 4.74 Å². The second-order valence-electron chi connectivity index (χ2n) is 4.30. The summed E-state index contributed by atoms with van der Waals surface area (Å²) in [4.78, 5) is 18.8. The molecule has 1 fully saturated rings. The predicted octanol–water partition coefficient (Wildman–Crippen LogP) is 1.15. The zero-order chi connectivity index (χ0) is 12.1. The average molecular weight is 254 g/mol. The Kier molecular flexibility index (Phi) is 4.65. The van der Waals surface area contributed by atoms with Crippen molar-refractivity contribution in [3.05, 3.63) is 16.1 Å². The molecule has 94 valence electrons. The molecule has 17 heavy (non-hydrogen) atoms. The Morgan fingerprint density at radius 2 is 2.29 bits per heavy atom. The van der Waals surface area contributed by atoms with Gasteiger partial charge in [0.2, 0.25) is 0 Å². The van der Waals surface area contributed by atoms with Gasteiger partial charge in [0.25, 0.3) is 0 Å². The number of rotatable bonds is 5. The number of hydrogen-bond donors (Lipinski definition) is 0. The van der Waals surface area contributed by atoms with Crippen molar-refractivity contribution in [2.45, 2.75) is 19.8 Å². The first-order chi connectivity index (χ1) is 8.24. The molecule has 5 heteroatoms. The first-order valence-electron chi connectivity index (χ1n) is 5.97. The van der Waals surface area contributed by atoms with Gasteiger partial charge in [-0.15, -0.1) is 11.3 Å². The zero-order valence-corrected chi connectivity index (χ0v) is 11.0. The summed E-state index contributed by atoms with van der Waals surface area (Å²) in [6, 6.07) is 0. The molecule has 0 atom stereocenters. The molecule has 1 aliphatic rings. The lowest BCUT2D eigenvalue weighted by atomic mass is 10.3. The fourth-order valence-corrected chi connectivity index (χ4v) is 2.85. The Hall–Kier alpha value is -0.780. The van der Waals surface area contributed by atoms with Crippen LogP contribution >= 0.6 is 11.3 Å². The number of morpholine rings is 1. The van der Waals surface area contributed by atoms with Gasteiger partial charge in [0, 0.05) is 43.5 Å². The molecule has 1 saturated heterocycles. The molecule has 0 spiro atoms. The van der Waals surface area contributed by atoms with Gasteiger partial charge in [-0.05, 0) is 6.92 Å². The largest absolute Gasteiger partial charge is 0.379 e. The van der Waals surface area contributed by atoms with E-state index in [4.69, 9.17) is 4.74 Å². The normalized spacial score (nSPS) is 17.2. The molecule has 1 aliphatic heterocycles. The third-order valence-corrected chi connectivity index (χ3v) is 3.83. The van der Waals surface area contributed by atoms with Gasteiger partial charge in [-0.3, -0.25) is 9.69 Å². The first-order valence-corrected chi connectivity index (χ1v) is 6.79. The molecular formula is C12H18N2O2S. The molecule has 0 radical (unpaired) electrons. The van der Waals surface area contributed by atoms with Gasteiger partial charge in [-0.1, -0.05) is 0 Å². The molecule has 0 bridgehead atoms. The first kappa shape index (κ1) is 12.7. The van der Waals surface area contributed by atoms with Crippen LogP contribution in [0, 0.1) is 0 Å². The molecule has 0 N–H and O–H groups in total. The third kappa shape index (κ3) is 4.18. The summed E-state index contributed by atoms with van der Waals surface area (Å²) >= 11 is 1.66. The number of hydrogen-bond acceptors (Lipinski definition) is 5. The second-order valence-corrected chi connectivity index (χ2v) is 5.50. The van der Waals surface area contributed by atoms with Crippen molar-refractivity contribution in [2.75, 3.05) is 32.8 Å². The minimum atomic E-state index is 0.202. The summed E-state index contributed by atoms with van der Waals surface area (Å²) in [5.74, 6) is 0.202. The highest BCUT2D eigenvalue weighted by molar-refractivity contribution is 7.11. The summed E-state index contributed by atoms with van der Waals surface area (Å²) in [5.41, 5.74) is 0. The highest BCUT2D eigenvalue weighted by Crippen LogP contribution is 2.15. The lowest BCUT2D eigenvalue weighted by Gasteiger charge is -2.25. The maximum absolute atomic E-state index is 11.0. The minimum absolute atomic E-state index is 0.202. The highest BCUT2D eigenvalue weighted by Gasteiger charge is 2.11. The predicted molar refractivity (Wildman–Crippen MR) is 67.5 cm³/mol. The summed E-state index contributed by atoms with van der Waals surface area (Å²) < 4.78 is 5.31. The molecule has 2 heterocycles. The topological polar surface area (TPSA) is 42.4 Å². The van der Waals surface area contributed by atoms with Crippen LogP contribution in [-0.4, -0.2) is 48.5 Å². The van der Waals surface area contributed by atoms with Crippen LogP contribution < -0.4 is 0 Å². The Morgan fingerprint density at radius 3 is 3.00 bits per heavy atom. The van der Waals surface area contributed by atoms with Gasteiger partial charge in [0.15, 0.2) is 0 Å². The van der Waals surface area contributed by atoms with Crippen molar-refractivity contribution >= 4 is 17.1 Å². The third-order valence-electron chi connectivity index (χ3n) is 2.77. The number of Topliss-reactive ketones (excluding diaryl/α,β-unsaturated/α-hetero) is 1. The molecule has 0 aliphatic carbocycles. The second kappa shape index (κ2) is 6.23. The molecular weight excluding hydrogens is 236 g/mol. The lowest BCUT2D eigenvalue weighted by Crippen LogP contribution is -2.37. The quantitative estimate of drug-likeness (QED) is 0.790. The van der Waals surface area contributed by atoms with E-state index >= 15 is 0 Å². The van der Waals surface area contributed by atoms with Crippen molar-refractivity contribution in [1.29, 1.82) is 0 Å². The van der Waals surface area contributed by atoms with Crippen LogP contribution in [0.3, 0.4) is 0 Å². The van der Waals surface area contributed by atoms with Crippen LogP contribution in [0.2, 0.25) is 0 Å². The van der Waals surface area contributed by atoms with E-state index in [9.17, 15) is 4.79 Å². The van der Waals surface area contributed by atoms with E-state index < -0.39 is 0 Å². The lowest BCUT2D eigenvalue weighted by molar-refractivity contribution is -0.116. The van der Waals surface area contributed by atoms with E-state index in [2.05, 4.69) is 9.88 Å². The van der Waals surface area contributed by atoms with Crippen molar-refractivity contribution in [3.8, 4) is 0 Å². The fourth-order valence-electron chi connectivity index (χ4n) is 1.87. The van der Waals surface area contributed by atoms with Gasteiger partial charge in [-0.2, -0.15) is 0 Å². The van der Waals surface area contributed by atoms with Crippen LogP contribution in [-0.2, 0) is 22.4 Å². The SMILES string of the molecule is CC(=O)Cc1cnc(CCN2CCOCC2)s1. The van der Waals surface area contributed by atoms with Gasteiger partial charge in [-0.25, -0.2) is 4.98 Å². The van der Waals surface area contributed by atoms with Gasteiger partial charge >= 0.3 is 0 Å². The number of carbonyl (C=O) groups excluding carboxylic acids is 1. The number of nitrogens with zero attached hydrogens (tertiary/aromatic N) is 2. The molecule has 1 aromatic rings. The Labute approximate surface area is 106 Å². The Bertz CT molecular complexity index is 372. The number of ether oxygens (including phenoxy) is 1. The Morgan fingerprint density at radius 1 is 1.53 bits per heavy atom. The number of ketones is 1. The minimum Gasteiger partial charge on any atom is -0.379 e. The van der Waals surface area contributed by atoms with Crippen LogP contribution in [0.1, 0.15) is 16.8 Å². The van der Waals surface area contributed by atoms with Crippen LogP contribution in [0.15, 0.2) is 6.20 Å². The number of aromatic nitrogens is 1. The van der Waals surface area contributed by atoms with Crippen LogP contribution in [0.25, 0.3) is 0 Å². The molecule has 1 aromatic heterocycles. The van der Waals surface area contributed by atoms with E-state index in [1.807, 2.05) is 6.20 Å². The molecule has 4 nitrogen and oxygen atoms in total. The summed E-state index contributed by atoms with van der Waals surface area (Å²) in [7, 11) is 0. The molecule has 0 unspecified atom stereocenters. The summed E-state index contributed by atoms with van der Waals surface area (Å²) in [6.07, 6.45) is 3.33. The standard InChI is InChI=1S/C12H18N2O2S/c1-10(15)8-11-9-13-12(17-11)2-3-14-4-6-16-7-5-14/h9H,2-8H2,1H3. The molecule has 2 rings (SSSR count). The van der Waals surface area contributed by atoms with Crippen LogP contribution in [0.5, 0.6) is 0 Å². The maximum Gasteiger partial charge on any atom is 0.135 e. The van der Waals surface area contributed by atoms with Crippen molar-refractivity contribution < 1.29 is 9.53 Å².